The smallest absolute Gasteiger partial charge is 0.406 e. The maximum absolute atomic E-state index is 12.2. The maximum Gasteiger partial charge on any atom is 0.573 e. The van der Waals surface area contributed by atoms with Crippen molar-refractivity contribution in [3.8, 4) is 5.75 Å². The van der Waals surface area contributed by atoms with E-state index in [1.165, 1.54) is 30.5 Å². The van der Waals surface area contributed by atoms with Crippen molar-refractivity contribution in [2.45, 2.75) is 6.36 Å². The number of hydrazone groups is 1. The fourth-order valence-corrected chi connectivity index (χ4v) is 2.19. The lowest BCUT2D eigenvalue weighted by atomic mass is 10.2. The minimum absolute atomic E-state index is 0.171. The highest BCUT2D eigenvalue weighted by molar-refractivity contribution is 5.98. The molecule has 0 aliphatic rings. The maximum atomic E-state index is 12.2. The molecule has 3 rings (SSSR count). The van der Waals surface area contributed by atoms with Crippen molar-refractivity contribution < 1.29 is 22.7 Å². The van der Waals surface area contributed by atoms with Gasteiger partial charge in [-0.05, 0) is 29.8 Å². The third kappa shape index (κ3) is 4.37. The van der Waals surface area contributed by atoms with Crippen LogP contribution in [0.5, 0.6) is 5.75 Å². The summed E-state index contributed by atoms with van der Waals surface area (Å²) in [4.78, 5) is 14.9. The van der Waals surface area contributed by atoms with E-state index in [0.717, 1.165) is 5.56 Å². The molecule has 0 aliphatic heterocycles. The van der Waals surface area contributed by atoms with Crippen LogP contribution < -0.4 is 10.2 Å². The number of hydrogen-bond acceptors (Lipinski definition) is 3. The van der Waals surface area contributed by atoms with Crippen LogP contribution in [-0.2, 0) is 0 Å². The summed E-state index contributed by atoms with van der Waals surface area (Å²) in [6, 6.07) is 14.4. The molecule has 8 heteroatoms. The van der Waals surface area contributed by atoms with Crippen molar-refractivity contribution >= 4 is 23.0 Å². The molecule has 5 nitrogen and oxygen atoms in total. The molecule has 25 heavy (non-hydrogen) atoms. The topological polar surface area (TPSA) is 66.5 Å². The lowest BCUT2D eigenvalue weighted by Crippen LogP contribution is -2.17. The number of carbonyl (C=O) groups excluding carboxylic acids is 1. The van der Waals surface area contributed by atoms with Gasteiger partial charge in [-0.2, -0.15) is 5.10 Å². The van der Waals surface area contributed by atoms with E-state index in [-0.39, 0.29) is 11.4 Å². The summed E-state index contributed by atoms with van der Waals surface area (Å²) in [5, 5.41) is 4.25. The Kier molecular flexibility index (Phi) is 4.42. The lowest BCUT2D eigenvalue weighted by molar-refractivity contribution is -0.274. The second-order valence-corrected chi connectivity index (χ2v) is 5.09. The molecule has 0 fully saturated rings. The number of aromatic amines is 1. The first-order chi connectivity index (χ1) is 11.9. The third-order valence-corrected chi connectivity index (χ3v) is 3.25. The van der Waals surface area contributed by atoms with E-state index >= 15 is 0 Å². The first-order valence-corrected chi connectivity index (χ1v) is 7.18. The van der Waals surface area contributed by atoms with Crippen LogP contribution in [0.15, 0.2) is 59.7 Å². The predicted molar refractivity (Wildman–Crippen MR) is 86.5 cm³/mol. The van der Waals surface area contributed by atoms with Gasteiger partial charge in [0.1, 0.15) is 11.4 Å². The quantitative estimate of drug-likeness (QED) is 0.556. The van der Waals surface area contributed by atoms with Gasteiger partial charge >= 0.3 is 6.36 Å². The summed E-state index contributed by atoms with van der Waals surface area (Å²) in [5.74, 6) is -0.866. The molecule has 2 N–H and O–H groups in total. The third-order valence-electron chi connectivity index (χ3n) is 3.25. The van der Waals surface area contributed by atoms with Crippen LogP contribution in [0.25, 0.3) is 10.9 Å². The first-order valence-electron chi connectivity index (χ1n) is 7.18. The van der Waals surface area contributed by atoms with Gasteiger partial charge in [-0.25, -0.2) is 5.43 Å². The van der Waals surface area contributed by atoms with Crippen LogP contribution in [0.4, 0.5) is 13.2 Å². The summed E-state index contributed by atoms with van der Waals surface area (Å²) in [7, 11) is 0. The Morgan fingerprint density at radius 3 is 2.60 bits per heavy atom. The van der Waals surface area contributed by atoms with Gasteiger partial charge in [0.05, 0.1) is 6.21 Å². The van der Waals surface area contributed by atoms with Crippen molar-refractivity contribution in [1.82, 2.24) is 10.4 Å². The van der Waals surface area contributed by atoms with Crippen LogP contribution in [-0.4, -0.2) is 23.5 Å². The lowest BCUT2D eigenvalue weighted by Gasteiger charge is -2.08. The van der Waals surface area contributed by atoms with E-state index in [0.29, 0.717) is 10.9 Å². The Bertz CT molecular complexity index is 918. The molecule has 0 saturated heterocycles. The molecule has 2 aromatic carbocycles. The van der Waals surface area contributed by atoms with Gasteiger partial charge in [-0.1, -0.05) is 30.3 Å². The van der Waals surface area contributed by atoms with Crippen molar-refractivity contribution in [3.63, 3.8) is 0 Å². The zero-order valence-corrected chi connectivity index (χ0v) is 12.7. The molecular formula is C17H12F3N3O2. The number of rotatable bonds is 4. The number of nitrogens with zero attached hydrogens (tertiary/aromatic N) is 1. The summed E-state index contributed by atoms with van der Waals surface area (Å²) < 4.78 is 40.6. The van der Waals surface area contributed by atoms with Gasteiger partial charge in [0, 0.05) is 10.9 Å². The molecule has 0 unspecified atom stereocenters. The average molecular weight is 347 g/mol. The second-order valence-electron chi connectivity index (χ2n) is 5.09. The normalized spacial score (nSPS) is 11.8. The zero-order chi connectivity index (χ0) is 17.9. The number of aromatic nitrogens is 1. The summed E-state index contributed by atoms with van der Waals surface area (Å²) in [5.41, 5.74) is 3.84. The average Bonchev–Trinajstić information content (AvgIpc) is 2.97. The zero-order valence-electron chi connectivity index (χ0n) is 12.7. The summed E-state index contributed by atoms with van der Waals surface area (Å²) >= 11 is 0. The highest BCUT2D eigenvalue weighted by atomic mass is 19.4. The minimum atomic E-state index is -4.77. The number of amides is 1. The molecule has 1 aromatic heterocycles. The molecule has 3 aromatic rings. The molecule has 0 bridgehead atoms. The highest BCUT2D eigenvalue weighted by Crippen LogP contribution is 2.26. The number of nitrogens with one attached hydrogen (secondary N) is 2. The molecule has 1 amide bonds. The van der Waals surface area contributed by atoms with Gasteiger partial charge in [0.2, 0.25) is 0 Å². The Morgan fingerprint density at radius 2 is 1.88 bits per heavy atom. The SMILES string of the molecule is O=C(N/N=C/c1ccccc1)c1cc2cc(OC(F)(F)F)ccc2[nH]1. The number of ether oxygens (including phenoxy) is 1. The van der Waals surface area contributed by atoms with Crippen LogP contribution >= 0.6 is 0 Å². The van der Waals surface area contributed by atoms with Gasteiger partial charge < -0.3 is 9.72 Å². The van der Waals surface area contributed by atoms with E-state index in [1.807, 2.05) is 30.3 Å². The van der Waals surface area contributed by atoms with Gasteiger partial charge in [0.25, 0.3) is 5.91 Å². The second kappa shape index (κ2) is 6.68. The molecule has 128 valence electrons. The Balaban J connectivity index is 1.72. The van der Waals surface area contributed by atoms with Crippen molar-refractivity contribution in [1.29, 1.82) is 0 Å². The highest BCUT2D eigenvalue weighted by Gasteiger charge is 2.31. The van der Waals surface area contributed by atoms with Crippen LogP contribution in [0.3, 0.4) is 0 Å². The molecule has 0 saturated carbocycles. The van der Waals surface area contributed by atoms with Crippen molar-refractivity contribution in [2.24, 2.45) is 5.10 Å². The monoisotopic (exact) mass is 347 g/mol. The van der Waals surface area contributed by atoms with Gasteiger partial charge in [-0.15, -0.1) is 13.2 Å². The molecule has 0 spiro atoms. The van der Waals surface area contributed by atoms with E-state index in [2.05, 4.69) is 20.2 Å². The van der Waals surface area contributed by atoms with E-state index < -0.39 is 12.3 Å². The molecule has 0 radical (unpaired) electrons. The largest absolute Gasteiger partial charge is 0.573 e. The van der Waals surface area contributed by atoms with E-state index in [9.17, 15) is 18.0 Å². The number of H-pyrrole nitrogens is 1. The summed E-state index contributed by atoms with van der Waals surface area (Å²) in [6.45, 7) is 0. The van der Waals surface area contributed by atoms with Crippen LogP contribution in [0.1, 0.15) is 16.1 Å². The number of alkyl halides is 3. The molecule has 0 atom stereocenters. The molecule has 1 heterocycles. The fraction of sp³-hybridized carbons (Fsp3) is 0.0588. The van der Waals surface area contributed by atoms with Crippen LogP contribution in [0, 0.1) is 0 Å². The standard InChI is InChI=1S/C17H12F3N3O2/c18-17(19,20)25-13-6-7-14-12(8-13)9-15(22-14)16(24)23-21-10-11-4-2-1-3-5-11/h1-10,22H,(H,23,24)/b21-10+. The Labute approximate surface area is 140 Å². The van der Waals surface area contributed by atoms with E-state index in [1.54, 1.807) is 0 Å². The fourth-order valence-electron chi connectivity index (χ4n) is 2.19. The number of fused-ring (bicyclic) bond motifs is 1. The van der Waals surface area contributed by atoms with Gasteiger partial charge in [0.15, 0.2) is 0 Å². The number of benzene rings is 2. The number of hydrogen-bond donors (Lipinski definition) is 2. The Morgan fingerprint density at radius 1 is 1.12 bits per heavy atom. The molecule has 0 aliphatic carbocycles. The summed E-state index contributed by atoms with van der Waals surface area (Å²) in [6.07, 6.45) is -3.29. The first kappa shape index (κ1) is 16.6. The van der Waals surface area contributed by atoms with Crippen molar-refractivity contribution in [2.75, 3.05) is 0 Å². The van der Waals surface area contributed by atoms with E-state index in [4.69, 9.17) is 0 Å². The van der Waals surface area contributed by atoms with Crippen molar-refractivity contribution in [3.05, 3.63) is 65.9 Å². The number of halogens is 3. The van der Waals surface area contributed by atoms with Crippen LogP contribution in [0.2, 0.25) is 0 Å². The Hall–Kier alpha value is -3.29. The van der Waals surface area contributed by atoms with Gasteiger partial charge in [-0.3, -0.25) is 4.79 Å². The molecular weight excluding hydrogens is 335 g/mol. The minimum Gasteiger partial charge on any atom is -0.406 e. The predicted octanol–water partition coefficient (Wildman–Crippen LogP) is 3.83. The number of carbonyl (C=O) groups is 1.